The summed E-state index contributed by atoms with van der Waals surface area (Å²) >= 11 is 0. The third-order valence-corrected chi connectivity index (χ3v) is 5.67. The van der Waals surface area contributed by atoms with E-state index in [4.69, 9.17) is 10.8 Å². The molecule has 0 bridgehead atoms. The highest BCUT2D eigenvalue weighted by Crippen LogP contribution is 2.30. The van der Waals surface area contributed by atoms with Gasteiger partial charge in [-0.05, 0) is 36.6 Å². The minimum absolute atomic E-state index is 0.0764. The summed E-state index contributed by atoms with van der Waals surface area (Å²) in [7, 11) is 0. The number of nitrogens with zero attached hydrogens (tertiary/aromatic N) is 3. The molecule has 9 heteroatoms. The number of aromatic nitrogens is 2. The van der Waals surface area contributed by atoms with E-state index in [1.54, 1.807) is 21.7 Å². The number of likely N-dealkylation sites (tertiary alicyclic amines) is 1. The number of carboxylic acid groups (broad SMARTS) is 2. The molecule has 0 spiro atoms. The van der Waals surface area contributed by atoms with E-state index in [0.717, 1.165) is 35.6 Å². The first-order chi connectivity index (χ1) is 15.3. The zero-order chi connectivity index (χ0) is 22.8. The summed E-state index contributed by atoms with van der Waals surface area (Å²) in [6.07, 6.45) is 4.21. The van der Waals surface area contributed by atoms with Crippen LogP contribution in [-0.2, 0) is 9.59 Å². The Kier molecular flexibility index (Phi) is 5.63. The smallest absolute Gasteiger partial charge is 0.352 e. The van der Waals surface area contributed by atoms with Gasteiger partial charge in [0.1, 0.15) is 11.2 Å². The van der Waals surface area contributed by atoms with Crippen LogP contribution < -0.4 is 5.73 Å². The number of carbonyl (C=O) groups is 3. The van der Waals surface area contributed by atoms with Crippen molar-refractivity contribution in [1.29, 1.82) is 0 Å². The third-order valence-electron chi connectivity index (χ3n) is 5.67. The van der Waals surface area contributed by atoms with Crippen LogP contribution in [0.5, 0.6) is 0 Å². The molecule has 1 fully saturated rings. The molecule has 0 unspecified atom stereocenters. The number of amides is 1. The van der Waals surface area contributed by atoms with E-state index >= 15 is 0 Å². The second kappa shape index (κ2) is 8.54. The largest absolute Gasteiger partial charge is 0.478 e. The first kappa shape index (κ1) is 21.1. The van der Waals surface area contributed by atoms with Gasteiger partial charge in [0.15, 0.2) is 0 Å². The van der Waals surface area contributed by atoms with Gasteiger partial charge < -0.3 is 20.8 Å². The van der Waals surface area contributed by atoms with Crippen molar-refractivity contribution in [2.75, 3.05) is 13.1 Å². The van der Waals surface area contributed by atoms with Crippen LogP contribution in [0.4, 0.5) is 0 Å². The highest BCUT2D eigenvalue weighted by molar-refractivity contribution is 6.04. The maximum atomic E-state index is 11.7. The Labute approximate surface area is 183 Å². The van der Waals surface area contributed by atoms with Crippen LogP contribution in [0, 0.1) is 0 Å². The lowest BCUT2D eigenvalue weighted by atomic mass is 9.90. The summed E-state index contributed by atoms with van der Waals surface area (Å²) in [5.41, 5.74) is 7.99. The standard InChI is InChI=1S/C23H22N4O5/c24-22(30)18-5-1-3-16-13-27(25-21(16)18)17-8-6-14(7-9-17)15-4-2-10-26(12-15)19(23(31)32)11-20(28)29/h1,3,5-9,11,13,15H,2,4,10,12H2,(H2,24,30)(H,28,29)(H,31,32)/b19-11-/t15-/m1/s1. The molecule has 1 atom stereocenters. The SMILES string of the molecule is NC(=O)c1cccc2cn(-c3ccc([C@@H]4CCCN(/C(=C\C(=O)O)C(=O)O)C4)cc3)nc12. The molecule has 1 saturated heterocycles. The Morgan fingerprint density at radius 3 is 2.50 bits per heavy atom. The van der Waals surface area contributed by atoms with Gasteiger partial charge in [-0.1, -0.05) is 24.3 Å². The molecule has 1 aromatic heterocycles. The summed E-state index contributed by atoms with van der Waals surface area (Å²) < 4.78 is 1.69. The van der Waals surface area contributed by atoms with Gasteiger partial charge in [0.2, 0.25) is 0 Å². The van der Waals surface area contributed by atoms with Gasteiger partial charge in [-0.15, -0.1) is 0 Å². The normalized spacial score (nSPS) is 16.8. The summed E-state index contributed by atoms with van der Waals surface area (Å²) in [4.78, 5) is 35.8. The fraction of sp³-hybridized carbons (Fsp3) is 0.217. The van der Waals surface area contributed by atoms with Gasteiger partial charge in [0.25, 0.3) is 5.91 Å². The average molecular weight is 434 g/mol. The van der Waals surface area contributed by atoms with Gasteiger partial charge in [-0.2, -0.15) is 5.10 Å². The molecule has 1 aliphatic rings. The molecule has 32 heavy (non-hydrogen) atoms. The highest BCUT2D eigenvalue weighted by Gasteiger charge is 2.26. The molecule has 164 valence electrons. The molecule has 2 aromatic carbocycles. The lowest BCUT2D eigenvalue weighted by Crippen LogP contribution is -2.36. The molecule has 0 saturated carbocycles. The van der Waals surface area contributed by atoms with E-state index in [1.165, 1.54) is 0 Å². The van der Waals surface area contributed by atoms with Gasteiger partial charge in [0, 0.05) is 30.6 Å². The molecule has 0 radical (unpaired) electrons. The maximum Gasteiger partial charge on any atom is 0.352 e. The van der Waals surface area contributed by atoms with Crippen molar-refractivity contribution in [3.8, 4) is 5.69 Å². The Hall–Kier alpha value is -4.14. The number of hydrogen-bond acceptors (Lipinski definition) is 5. The lowest BCUT2D eigenvalue weighted by Gasteiger charge is -2.34. The van der Waals surface area contributed by atoms with Crippen LogP contribution in [0.15, 0.2) is 60.4 Å². The number of rotatable bonds is 6. The van der Waals surface area contributed by atoms with Crippen molar-refractivity contribution in [3.63, 3.8) is 0 Å². The summed E-state index contributed by atoms with van der Waals surface area (Å²) in [6, 6.07) is 13.0. The lowest BCUT2D eigenvalue weighted by molar-refractivity contribution is -0.136. The summed E-state index contributed by atoms with van der Waals surface area (Å²) in [5.74, 6) is -2.98. The topological polar surface area (TPSA) is 139 Å². The molecule has 4 rings (SSSR count). The second-order valence-corrected chi connectivity index (χ2v) is 7.73. The number of aliphatic carboxylic acids is 2. The minimum Gasteiger partial charge on any atom is -0.478 e. The van der Waals surface area contributed by atoms with Gasteiger partial charge in [-0.25, -0.2) is 14.3 Å². The van der Waals surface area contributed by atoms with Gasteiger partial charge in [-0.3, -0.25) is 4.79 Å². The molecule has 1 aliphatic heterocycles. The van der Waals surface area contributed by atoms with E-state index in [0.29, 0.717) is 24.2 Å². The molecule has 2 heterocycles. The molecular weight excluding hydrogens is 412 g/mol. The van der Waals surface area contributed by atoms with Crippen molar-refractivity contribution in [1.82, 2.24) is 14.7 Å². The van der Waals surface area contributed by atoms with Crippen molar-refractivity contribution in [2.24, 2.45) is 5.73 Å². The zero-order valence-electron chi connectivity index (χ0n) is 17.1. The number of carbonyl (C=O) groups excluding carboxylic acids is 1. The number of piperidine rings is 1. The van der Waals surface area contributed by atoms with E-state index in [9.17, 15) is 19.5 Å². The highest BCUT2D eigenvalue weighted by atomic mass is 16.4. The van der Waals surface area contributed by atoms with Crippen molar-refractivity contribution >= 4 is 28.7 Å². The maximum absolute atomic E-state index is 11.7. The number of benzene rings is 2. The predicted octanol–water partition coefficient (Wildman–Crippen LogP) is 2.36. The van der Waals surface area contributed by atoms with Gasteiger partial charge >= 0.3 is 11.9 Å². The summed E-state index contributed by atoms with van der Waals surface area (Å²) in [5, 5.41) is 23.7. The fourth-order valence-electron chi connectivity index (χ4n) is 4.15. The summed E-state index contributed by atoms with van der Waals surface area (Å²) in [6.45, 7) is 0.931. The Bertz CT molecular complexity index is 1230. The molecule has 4 N–H and O–H groups in total. The van der Waals surface area contributed by atoms with E-state index < -0.39 is 17.8 Å². The van der Waals surface area contributed by atoms with E-state index in [1.807, 2.05) is 36.5 Å². The third kappa shape index (κ3) is 4.18. The first-order valence-corrected chi connectivity index (χ1v) is 10.1. The predicted molar refractivity (Wildman–Crippen MR) is 116 cm³/mol. The number of hydrogen-bond donors (Lipinski definition) is 3. The van der Waals surface area contributed by atoms with Crippen molar-refractivity contribution in [3.05, 3.63) is 71.6 Å². The molecule has 3 aromatic rings. The Balaban J connectivity index is 1.57. The van der Waals surface area contributed by atoms with E-state index in [-0.39, 0.29) is 11.6 Å². The quantitative estimate of drug-likeness (QED) is 0.506. The van der Waals surface area contributed by atoms with Crippen molar-refractivity contribution < 1.29 is 24.6 Å². The molecular formula is C23H22N4O5. The average Bonchev–Trinajstić information content (AvgIpc) is 3.21. The fourth-order valence-corrected chi connectivity index (χ4v) is 4.15. The Morgan fingerprint density at radius 2 is 1.84 bits per heavy atom. The second-order valence-electron chi connectivity index (χ2n) is 7.73. The van der Waals surface area contributed by atoms with Crippen LogP contribution in [0.1, 0.15) is 34.7 Å². The van der Waals surface area contributed by atoms with Crippen LogP contribution >= 0.6 is 0 Å². The van der Waals surface area contributed by atoms with Crippen molar-refractivity contribution in [2.45, 2.75) is 18.8 Å². The Morgan fingerprint density at radius 1 is 1.09 bits per heavy atom. The first-order valence-electron chi connectivity index (χ1n) is 10.1. The number of nitrogens with two attached hydrogens (primary N) is 1. The van der Waals surface area contributed by atoms with E-state index in [2.05, 4.69) is 5.10 Å². The zero-order valence-corrected chi connectivity index (χ0v) is 17.1. The monoisotopic (exact) mass is 434 g/mol. The van der Waals surface area contributed by atoms with Gasteiger partial charge in [0.05, 0.1) is 17.3 Å². The van der Waals surface area contributed by atoms with Crippen LogP contribution in [0.3, 0.4) is 0 Å². The van der Waals surface area contributed by atoms with Crippen LogP contribution in [-0.4, -0.2) is 55.8 Å². The minimum atomic E-state index is -1.28. The number of primary amides is 1. The van der Waals surface area contributed by atoms with Crippen LogP contribution in [0.25, 0.3) is 16.6 Å². The molecule has 9 nitrogen and oxygen atoms in total. The molecule has 1 amide bonds. The van der Waals surface area contributed by atoms with Crippen LogP contribution in [0.2, 0.25) is 0 Å². The number of carboxylic acids is 2. The molecule has 0 aliphatic carbocycles. The number of fused-ring (bicyclic) bond motifs is 1.